The van der Waals surface area contributed by atoms with Crippen molar-refractivity contribution in [3.05, 3.63) is 0 Å². The molecule has 0 saturated carbocycles. The molecule has 0 radical (unpaired) electrons. The van der Waals surface area contributed by atoms with Crippen LogP contribution in [-0.4, -0.2) is 27.6 Å². The van der Waals surface area contributed by atoms with Crippen molar-refractivity contribution in [1.29, 1.82) is 0 Å². The molecule has 0 spiro atoms. The predicted octanol–water partition coefficient (Wildman–Crippen LogP) is -2.22. The molecule has 14 heavy (non-hydrogen) atoms. The summed E-state index contributed by atoms with van der Waals surface area (Å²) in [5, 5.41) is 4.41. The molecule has 74 valence electrons. The van der Waals surface area contributed by atoms with Crippen molar-refractivity contribution in [1.82, 2.24) is 10.6 Å². The van der Waals surface area contributed by atoms with E-state index in [9.17, 15) is 9.59 Å². The van der Waals surface area contributed by atoms with E-state index in [-0.39, 0.29) is 6.02 Å². The first-order chi connectivity index (χ1) is 6.48. The van der Waals surface area contributed by atoms with Gasteiger partial charge in [-0.1, -0.05) is 0 Å². The van der Waals surface area contributed by atoms with Crippen LogP contribution >= 0.6 is 0 Å². The zero-order chi connectivity index (χ0) is 10.8. The van der Waals surface area contributed by atoms with E-state index in [2.05, 4.69) is 15.6 Å². The summed E-state index contributed by atoms with van der Waals surface area (Å²) >= 11 is -2.08. The van der Waals surface area contributed by atoms with E-state index < -0.39 is 35.4 Å². The summed E-state index contributed by atoms with van der Waals surface area (Å²) in [5.41, 5.74) is 3.42. The third-order valence-corrected chi connectivity index (χ3v) is 2.40. The molecule has 9 heteroatoms. The number of amidine groups is 1. The zero-order valence-electron chi connectivity index (χ0n) is 7.40. The number of primary amides is 1. The topological polar surface area (TPSA) is 126 Å². The summed E-state index contributed by atoms with van der Waals surface area (Å²) < 4.78 is 13.3. The first-order valence-electron chi connectivity index (χ1n) is 3.70. The monoisotopic (exact) mass is 252 g/mol. The maximum atomic E-state index is 11.3. The Labute approximate surface area is 87.3 Å². The summed E-state index contributed by atoms with van der Waals surface area (Å²) in [4.78, 5) is 25.6. The van der Waals surface area contributed by atoms with E-state index in [1.807, 2.05) is 0 Å². The SMILES string of the molecule is CC1(NC(N)=O)N=C([O][Zn][OH])NC1=O. The van der Waals surface area contributed by atoms with Gasteiger partial charge in [-0.05, 0) is 0 Å². The molecule has 5 N–H and O–H groups in total. The molecule has 0 saturated heterocycles. The van der Waals surface area contributed by atoms with Crippen molar-refractivity contribution < 1.29 is 34.9 Å². The molecule has 0 aromatic rings. The van der Waals surface area contributed by atoms with Crippen molar-refractivity contribution in [3.8, 4) is 0 Å². The maximum absolute atomic E-state index is 11.3. The summed E-state index contributed by atoms with van der Waals surface area (Å²) in [6.07, 6.45) is 0. The average Bonchev–Trinajstić information content (AvgIpc) is 2.26. The van der Waals surface area contributed by atoms with Gasteiger partial charge in [-0.15, -0.1) is 0 Å². The molecule has 1 unspecified atom stereocenters. The first kappa shape index (κ1) is 10.9. The van der Waals surface area contributed by atoms with Crippen LogP contribution in [0.1, 0.15) is 6.92 Å². The first-order valence-corrected chi connectivity index (χ1v) is 6.24. The van der Waals surface area contributed by atoms with Gasteiger partial charge < -0.3 is 0 Å². The summed E-state index contributed by atoms with van der Waals surface area (Å²) in [7, 11) is 0. The summed E-state index contributed by atoms with van der Waals surface area (Å²) in [6.45, 7) is 1.37. The van der Waals surface area contributed by atoms with E-state index in [1.54, 1.807) is 0 Å². The minimum absolute atomic E-state index is 0.0752. The standard InChI is InChI=1S/C5H8N4O3.H2O.Zn/c1-5(8-3(6)11)2(10)7-4(12)9-5;;/h1H3,(H3,6,8,11)(H2,7,9,10,12);1H2;/q;;+2/p-2. The van der Waals surface area contributed by atoms with Crippen LogP contribution < -0.4 is 16.4 Å². The quantitative estimate of drug-likeness (QED) is 0.416. The second kappa shape index (κ2) is 3.89. The van der Waals surface area contributed by atoms with Gasteiger partial charge in [-0.3, -0.25) is 0 Å². The molecule has 8 nitrogen and oxygen atoms in total. The van der Waals surface area contributed by atoms with E-state index in [0.717, 1.165) is 0 Å². The van der Waals surface area contributed by atoms with Gasteiger partial charge in [0.25, 0.3) is 0 Å². The summed E-state index contributed by atoms with van der Waals surface area (Å²) in [5.74, 6) is -0.554. The number of nitrogens with zero attached hydrogens (tertiary/aromatic N) is 1. The van der Waals surface area contributed by atoms with Crippen molar-refractivity contribution in [3.63, 3.8) is 0 Å². The van der Waals surface area contributed by atoms with Crippen molar-refractivity contribution in [2.45, 2.75) is 12.6 Å². The van der Waals surface area contributed by atoms with Crippen LogP contribution in [0.5, 0.6) is 0 Å². The molecule has 0 aliphatic carbocycles. The van der Waals surface area contributed by atoms with Crippen molar-refractivity contribution in [2.75, 3.05) is 0 Å². The number of rotatable bonds is 2. The Morgan fingerprint density at radius 1 is 1.86 bits per heavy atom. The van der Waals surface area contributed by atoms with Gasteiger partial charge in [0.1, 0.15) is 0 Å². The molecule has 1 aliphatic heterocycles. The molecule has 1 aliphatic rings. The van der Waals surface area contributed by atoms with Crippen LogP contribution in [0.15, 0.2) is 4.99 Å². The second-order valence-electron chi connectivity index (χ2n) is 2.71. The molecule has 0 bridgehead atoms. The Kier molecular flexibility index (Phi) is 3.02. The Morgan fingerprint density at radius 2 is 2.50 bits per heavy atom. The predicted molar refractivity (Wildman–Crippen MR) is 40.0 cm³/mol. The molecule has 0 aromatic carbocycles. The van der Waals surface area contributed by atoms with Crippen molar-refractivity contribution >= 4 is 18.0 Å². The molecule has 0 aromatic heterocycles. The van der Waals surface area contributed by atoms with Crippen LogP contribution in [0.2, 0.25) is 0 Å². The van der Waals surface area contributed by atoms with Gasteiger partial charge in [0.05, 0.1) is 0 Å². The molecule has 1 rings (SSSR count). The van der Waals surface area contributed by atoms with Gasteiger partial charge in [-0.2, -0.15) is 0 Å². The van der Waals surface area contributed by atoms with Gasteiger partial charge in [0, 0.05) is 0 Å². The van der Waals surface area contributed by atoms with Gasteiger partial charge in [0.2, 0.25) is 0 Å². The number of carbonyl (C=O) groups is 2. The van der Waals surface area contributed by atoms with Gasteiger partial charge >= 0.3 is 86.8 Å². The molecule has 1 heterocycles. The van der Waals surface area contributed by atoms with Gasteiger partial charge in [-0.25, -0.2) is 0 Å². The Balaban J connectivity index is 2.77. The van der Waals surface area contributed by atoms with Crippen LogP contribution in [0, 0.1) is 0 Å². The Bertz CT molecular complexity index is 306. The van der Waals surface area contributed by atoms with E-state index in [1.165, 1.54) is 6.92 Å². The van der Waals surface area contributed by atoms with E-state index in [0.29, 0.717) is 0 Å². The Hall–Kier alpha value is -1.21. The fraction of sp³-hybridized carbons (Fsp3) is 0.400. The molecular formula is C5H8N4O4Zn. The molecule has 1 atom stereocenters. The zero-order valence-corrected chi connectivity index (χ0v) is 10.4. The average molecular weight is 254 g/mol. The number of nitrogens with one attached hydrogen (secondary N) is 2. The fourth-order valence-electron chi connectivity index (χ4n) is 0.955. The van der Waals surface area contributed by atoms with Crippen molar-refractivity contribution in [2.24, 2.45) is 10.7 Å². The Morgan fingerprint density at radius 3 is 3.00 bits per heavy atom. The second-order valence-corrected chi connectivity index (χ2v) is 3.85. The van der Waals surface area contributed by atoms with E-state index >= 15 is 0 Å². The van der Waals surface area contributed by atoms with Crippen LogP contribution in [0.3, 0.4) is 0 Å². The minimum atomic E-state index is -2.08. The van der Waals surface area contributed by atoms with Crippen LogP contribution in [-0.2, 0) is 26.2 Å². The normalized spacial score (nSPS) is 24.7. The third-order valence-electron chi connectivity index (χ3n) is 1.56. The number of aliphatic imine (C=N–C) groups is 1. The molecule has 3 amide bonds. The number of hydrogen-bond acceptors (Lipinski definition) is 5. The van der Waals surface area contributed by atoms with E-state index in [4.69, 9.17) is 13.2 Å². The fourth-order valence-corrected chi connectivity index (χ4v) is 1.50. The van der Waals surface area contributed by atoms with Gasteiger partial charge in [0.15, 0.2) is 0 Å². The molecule has 0 fully saturated rings. The number of amides is 3. The summed E-state index contributed by atoms with van der Waals surface area (Å²) in [6, 6.07) is -0.938. The van der Waals surface area contributed by atoms with Crippen LogP contribution in [0.4, 0.5) is 4.79 Å². The number of hydrogen-bond donors (Lipinski definition) is 4. The number of urea groups is 1. The number of nitrogens with two attached hydrogens (primary N) is 1. The third kappa shape index (κ3) is 2.18. The number of carbonyl (C=O) groups excluding carboxylic acids is 2. The molecular weight excluding hydrogens is 245 g/mol. The van der Waals surface area contributed by atoms with Crippen LogP contribution in [0.25, 0.3) is 0 Å².